The molecule has 1 amide bonds. The number of hydrogen-bond acceptors (Lipinski definition) is 6. The quantitative estimate of drug-likeness (QED) is 0.542. The molecule has 2 aromatic carbocycles. The number of aliphatic carboxylic acids is 1. The van der Waals surface area contributed by atoms with E-state index in [0.717, 1.165) is 0 Å². The van der Waals surface area contributed by atoms with Crippen LogP contribution in [-0.4, -0.2) is 35.0 Å². The smallest absolute Gasteiger partial charge is 0.306 e. The van der Waals surface area contributed by atoms with Gasteiger partial charge in [0.2, 0.25) is 0 Å². The Labute approximate surface area is 171 Å². The van der Waals surface area contributed by atoms with Crippen molar-refractivity contribution in [2.75, 3.05) is 18.6 Å². The first-order valence-electron chi connectivity index (χ1n) is 8.36. The van der Waals surface area contributed by atoms with Crippen LogP contribution in [0.4, 0.5) is 5.69 Å². The van der Waals surface area contributed by atoms with Gasteiger partial charge in [-0.1, -0.05) is 54.3 Å². The average molecular weight is 415 g/mol. The minimum atomic E-state index is -0.935. The number of ether oxygens (including phenoxy) is 2. The SMILES string of the molecule is COc1ccccc1N1C(=O)/C(=C\c2ccccc2OCCC(=O)O)SC1=S. The fourth-order valence-corrected chi connectivity index (χ4v) is 3.89. The Bertz CT molecular complexity index is 957. The van der Waals surface area contributed by atoms with Gasteiger partial charge in [0.05, 0.1) is 30.7 Å². The summed E-state index contributed by atoms with van der Waals surface area (Å²) < 4.78 is 11.3. The molecule has 0 radical (unpaired) electrons. The van der Waals surface area contributed by atoms with Crippen molar-refractivity contribution in [3.05, 3.63) is 59.0 Å². The number of hydrogen-bond donors (Lipinski definition) is 1. The molecule has 1 aliphatic rings. The van der Waals surface area contributed by atoms with Crippen LogP contribution in [0, 0.1) is 0 Å². The number of benzene rings is 2. The summed E-state index contributed by atoms with van der Waals surface area (Å²) in [5.41, 5.74) is 1.26. The molecule has 6 nitrogen and oxygen atoms in total. The highest BCUT2D eigenvalue weighted by Crippen LogP contribution is 2.40. The molecule has 144 valence electrons. The maximum absolute atomic E-state index is 13.0. The van der Waals surface area contributed by atoms with E-state index in [4.69, 9.17) is 26.8 Å². The molecule has 0 bridgehead atoms. The van der Waals surface area contributed by atoms with Crippen LogP contribution < -0.4 is 14.4 Å². The van der Waals surface area contributed by atoms with Crippen LogP contribution in [0.2, 0.25) is 0 Å². The number of thiocarbonyl (C=S) groups is 1. The molecule has 1 aliphatic heterocycles. The third-order valence-corrected chi connectivity index (χ3v) is 5.20. The summed E-state index contributed by atoms with van der Waals surface area (Å²) in [4.78, 5) is 25.6. The van der Waals surface area contributed by atoms with E-state index < -0.39 is 5.97 Å². The predicted molar refractivity (Wildman–Crippen MR) is 113 cm³/mol. The minimum Gasteiger partial charge on any atom is -0.495 e. The molecular weight excluding hydrogens is 398 g/mol. The van der Waals surface area contributed by atoms with Crippen molar-refractivity contribution in [2.24, 2.45) is 0 Å². The summed E-state index contributed by atoms with van der Waals surface area (Å²) in [5.74, 6) is -0.126. The number of methoxy groups -OCH3 is 1. The van der Waals surface area contributed by atoms with Gasteiger partial charge in [-0.05, 0) is 24.3 Å². The van der Waals surface area contributed by atoms with Gasteiger partial charge >= 0.3 is 5.97 Å². The summed E-state index contributed by atoms with van der Waals surface area (Å²) in [7, 11) is 1.54. The van der Waals surface area contributed by atoms with Crippen LogP contribution >= 0.6 is 24.0 Å². The number of anilines is 1. The number of rotatable bonds is 7. The molecule has 0 unspecified atom stereocenters. The zero-order valence-corrected chi connectivity index (χ0v) is 16.6. The normalized spacial score (nSPS) is 15.2. The Kier molecular flexibility index (Phi) is 6.33. The van der Waals surface area contributed by atoms with Gasteiger partial charge in [0.15, 0.2) is 4.32 Å². The second-order valence-corrected chi connectivity index (χ2v) is 7.39. The summed E-state index contributed by atoms with van der Waals surface area (Å²) in [6.07, 6.45) is 1.59. The monoisotopic (exact) mass is 415 g/mol. The van der Waals surface area contributed by atoms with E-state index in [9.17, 15) is 9.59 Å². The molecule has 8 heteroatoms. The van der Waals surface area contributed by atoms with Crippen LogP contribution in [0.25, 0.3) is 6.08 Å². The van der Waals surface area contributed by atoms with Crippen molar-refractivity contribution >= 4 is 51.9 Å². The van der Waals surface area contributed by atoms with Gasteiger partial charge in [-0.3, -0.25) is 14.5 Å². The average Bonchev–Trinajstić information content (AvgIpc) is 2.96. The van der Waals surface area contributed by atoms with E-state index in [1.165, 1.54) is 23.8 Å². The zero-order chi connectivity index (χ0) is 20.1. The van der Waals surface area contributed by atoms with Crippen LogP contribution in [0.1, 0.15) is 12.0 Å². The number of thioether (sulfide) groups is 1. The Morgan fingerprint density at radius 1 is 1.18 bits per heavy atom. The molecule has 2 aromatic rings. The van der Waals surface area contributed by atoms with E-state index >= 15 is 0 Å². The maximum Gasteiger partial charge on any atom is 0.306 e. The standard InChI is InChI=1S/C20H17NO5S2/c1-25-16-9-5-3-7-14(16)21-19(24)17(28-20(21)27)12-13-6-2-4-8-15(13)26-11-10-18(22)23/h2-9,12H,10-11H2,1H3,(H,22,23)/b17-12+. The Balaban J connectivity index is 1.87. The summed E-state index contributed by atoms with van der Waals surface area (Å²) in [5, 5.41) is 8.76. The molecule has 0 aromatic heterocycles. The highest BCUT2D eigenvalue weighted by atomic mass is 32.2. The molecule has 1 heterocycles. The van der Waals surface area contributed by atoms with E-state index in [0.29, 0.717) is 32.0 Å². The number of para-hydroxylation sites is 3. The van der Waals surface area contributed by atoms with Crippen molar-refractivity contribution in [3.63, 3.8) is 0 Å². The number of carboxylic acid groups (broad SMARTS) is 1. The second kappa shape index (κ2) is 8.90. The van der Waals surface area contributed by atoms with E-state index in [1.54, 1.807) is 36.4 Å². The second-order valence-electron chi connectivity index (χ2n) is 5.72. The number of nitrogens with zero attached hydrogens (tertiary/aromatic N) is 1. The number of carboxylic acids is 1. The lowest BCUT2D eigenvalue weighted by Crippen LogP contribution is -2.27. The lowest BCUT2D eigenvalue weighted by molar-refractivity contribution is -0.137. The first kappa shape index (κ1) is 19.9. The van der Waals surface area contributed by atoms with Crippen molar-refractivity contribution in [1.82, 2.24) is 0 Å². The first-order chi connectivity index (χ1) is 13.5. The van der Waals surface area contributed by atoms with E-state index in [2.05, 4.69) is 0 Å². The summed E-state index contributed by atoms with van der Waals surface area (Å²) in [6.45, 7) is 0.0440. The maximum atomic E-state index is 13.0. The molecule has 0 spiro atoms. The predicted octanol–water partition coefficient (Wildman–Crippen LogP) is 3.95. The van der Waals surface area contributed by atoms with Gasteiger partial charge in [0, 0.05) is 5.56 Å². The first-order valence-corrected chi connectivity index (χ1v) is 9.58. The Morgan fingerprint density at radius 3 is 2.57 bits per heavy atom. The summed E-state index contributed by atoms with van der Waals surface area (Å²) >= 11 is 6.60. The molecule has 3 rings (SSSR count). The Hall–Kier alpha value is -2.84. The van der Waals surface area contributed by atoms with Crippen molar-refractivity contribution in [2.45, 2.75) is 6.42 Å². The third kappa shape index (κ3) is 4.35. The topological polar surface area (TPSA) is 76.1 Å². The highest BCUT2D eigenvalue weighted by molar-refractivity contribution is 8.27. The third-order valence-electron chi connectivity index (χ3n) is 3.90. The van der Waals surface area contributed by atoms with Gasteiger partial charge in [-0.25, -0.2) is 0 Å². The van der Waals surface area contributed by atoms with Gasteiger partial charge in [0.25, 0.3) is 5.91 Å². The van der Waals surface area contributed by atoms with Gasteiger partial charge in [0.1, 0.15) is 11.5 Å². The van der Waals surface area contributed by atoms with Crippen molar-refractivity contribution in [3.8, 4) is 11.5 Å². The van der Waals surface area contributed by atoms with Crippen LogP contribution in [0.5, 0.6) is 11.5 Å². The van der Waals surface area contributed by atoms with Gasteiger partial charge in [-0.15, -0.1) is 0 Å². The lowest BCUT2D eigenvalue weighted by Gasteiger charge is -2.17. The zero-order valence-electron chi connectivity index (χ0n) is 15.0. The molecule has 1 saturated heterocycles. The molecule has 1 N–H and O–H groups in total. The highest BCUT2D eigenvalue weighted by Gasteiger charge is 2.35. The molecule has 0 saturated carbocycles. The van der Waals surface area contributed by atoms with Gasteiger partial charge < -0.3 is 14.6 Å². The fraction of sp³-hybridized carbons (Fsp3) is 0.150. The van der Waals surface area contributed by atoms with Crippen molar-refractivity contribution in [1.29, 1.82) is 0 Å². The molecule has 1 fully saturated rings. The molecule has 0 atom stereocenters. The van der Waals surface area contributed by atoms with E-state index in [-0.39, 0.29) is 18.9 Å². The minimum absolute atomic E-state index is 0.0440. The summed E-state index contributed by atoms with van der Waals surface area (Å²) in [6, 6.07) is 14.3. The van der Waals surface area contributed by atoms with Crippen LogP contribution in [0.15, 0.2) is 53.4 Å². The Morgan fingerprint density at radius 2 is 1.86 bits per heavy atom. The van der Waals surface area contributed by atoms with Crippen molar-refractivity contribution < 1.29 is 24.2 Å². The largest absolute Gasteiger partial charge is 0.495 e. The van der Waals surface area contributed by atoms with Gasteiger partial charge in [-0.2, -0.15) is 0 Å². The number of carbonyl (C=O) groups is 2. The van der Waals surface area contributed by atoms with Crippen LogP contribution in [0.3, 0.4) is 0 Å². The molecule has 28 heavy (non-hydrogen) atoms. The van der Waals surface area contributed by atoms with E-state index in [1.807, 2.05) is 18.2 Å². The lowest BCUT2D eigenvalue weighted by atomic mass is 10.2. The molecular formula is C20H17NO5S2. The van der Waals surface area contributed by atoms with Crippen LogP contribution in [-0.2, 0) is 9.59 Å². The molecule has 0 aliphatic carbocycles. The number of carbonyl (C=O) groups excluding carboxylic acids is 1. The fourth-order valence-electron chi connectivity index (χ4n) is 2.61. The number of amides is 1.